The summed E-state index contributed by atoms with van der Waals surface area (Å²) in [5, 5.41) is 0. The van der Waals surface area contributed by atoms with Crippen LogP contribution in [0.1, 0.15) is 40.5 Å². The molecule has 1 amide bonds. The van der Waals surface area contributed by atoms with Gasteiger partial charge in [0.2, 0.25) is 0 Å². The lowest BCUT2D eigenvalue weighted by Gasteiger charge is -2.33. The van der Waals surface area contributed by atoms with Gasteiger partial charge in [0.25, 0.3) is 5.91 Å². The largest absolute Gasteiger partial charge is 0.496 e. The Balaban J connectivity index is 1.61. The first-order valence-electron chi connectivity index (χ1n) is 10.7. The van der Waals surface area contributed by atoms with E-state index in [0.29, 0.717) is 36.0 Å². The summed E-state index contributed by atoms with van der Waals surface area (Å²) in [6.07, 6.45) is 3.66. The van der Waals surface area contributed by atoms with Gasteiger partial charge in [-0.15, -0.1) is 0 Å². The van der Waals surface area contributed by atoms with E-state index in [-0.39, 0.29) is 11.8 Å². The summed E-state index contributed by atoms with van der Waals surface area (Å²) in [6, 6.07) is 13.3. The molecule has 3 heterocycles. The number of hydrogen-bond acceptors (Lipinski definition) is 6. The van der Waals surface area contributed by atoms with Gasteiger partial charge in [0.15, 0.2) is 0 Å². The van der Waals surface area contributed by atoms with Gasteiger partial charge in [-0.25, -0.2) is 4.98 Å². The second-order valence-corrected chi connectivity index (χ2v) is 8.02. The number of carbonyl (C=O) groups is 1. The number of aryl methyl sites for hydroxylation is 1. The number of rotatable bonds is 5. The molecule has 0 unspecified atom stereocenters. The minimum Gasteiger partial charge on any atom is -0.496 e. The third-order valence-electron chi connectivity index (χ3n) is 5.86. The highest BCUT2D eigenvalue weighted by molar-refractivity contribution is 5.99. The maximum Gasteiger partial charge on any atom is 0.261 e. The van der Waals surface area contributed by atoms with Crippen LogP contribution in [0.5, 0.6) is 11.5 Å². The number of methoxy groups -OCH3 is 2. The molecule has 0 bridgehead atoms. The zero-order valence-corrected chi connectivity index (χ0v) is 18.7. The summed E-state index contributed by atoms with van der Waals surface area (Å²) in [6.45, 7) is 3.27. The number of hydrogen-bond donors (Lipinski definition) is 1. The van der Waals surface area contributed by atoms with Gasteiger partial charge < -0.3 is 20.1 Å². The summed E-state index contributed by atoms with van der Waals surface area (Å²) in [5.41, 5.74) is 10.2. The molecule has 0 spiro atoms. The standard InChI is InChI=1S/C25H28N4O3/c1-16-12-19(17-9-10-23(26)27-14-17)13-20(28-16)18-6-5-11-29(15-18)25(30)24-21(31-2)7-4-8-22(24)32-3/h4,7-10,12-14,18H,5-6,11,15H2,1-3H3,(H2,26,27)/t18-/m1/s1. The van der Waals surface area contributed by atoms with Gasteiger partial charge >= 0.3 is 0 Å². The number of amides is 1. The van der Waals surface area contributed by atoms with Crippen molar-refractivity contribution in [2.45, 2.75) is 25.7 Å². The highest BCUT2D eigenvalue weighted by Crippen LogP contribution is 2.34. The summed E-state index contributed by atoms with van der Waals surface area (Å²) < 4.78 is 10.9. The van der Waals surface area contributed by atoms with Crippen molar-refractivity contribution in [1.29, 1.82) is 0 Å². The van der Waals surface area contributed by atoms with Crippen molar-refractivity contribution in [2.75, 3.05) is 33.0 Å². The average molecular weight is 433 g/mol. The van der Waals surface area contributed by atoms with Crippen molar-refractivity contribution in [3.63, 3.8) is 0 Å². The number of ether oxygens (including phenoxy) is 2. The van der Waals surface area contributed by atoms with E-state index in [9.17, 15) is 4.79 Å². The van der Waals surface area contributed by atoms with E-state index in [1.165, 1.54) is 0 Å². The number of nitrogens with two attached hydrogens (primary N) is 1. The van der Waals surface area contributed by atoms with Gasteiger partial charge in [-0.05, 0) is 61.7 Å². The number of nitrogen functional groups attached to an aromatic ring is 1. The fraction of sp³-hybridized carbons (Fsp3) is 0.320. The first-order chi connectivity index (χ1) is 15.5. The third-order valence-corrected chi connectivity index (χ3v) is 5.86. The van der Waals surface area contributed by atoms with Crippen LogP contribution in [0.3, 0.4) is 0 Å². The van der Waals surface area contributed by atoms with Crippen LogP contribution in [0, 0.1) is 6.92 Å². The van der Waals surface area contributed by atoms with E-state index >= 15 is 0 Å². The second kappa shape index (κ2) is 9.26. The molecule has 2 aromatic heterocycles. The summed E-state index contributed by atoms with van der Waals surface area (Å²) in [7, 11) is 3.13. The van der Waals surface area contributed by atoms with Crippen molar-refractivity contribution in [1.82, 2.24) is 14.9 Å². The molecule has 1 aliphatic rings. The number of likely N-dealkylation sites (tertiary alicyclic amines) is 1. The summed E-state index contributed by atoms with van der Waals surface area (Å²) in [4.78, 5) is 24.3. The first kappa shape index (κ1) is 21.6. The predicted octanol–water partition coefficient (Wildman–Crippen LogP) is 4.07. The third kappa shape index (κ3) is 4.37. The van der Waals surface area contributed by atoms with E-state index < -0.39 is 0 Å². The number of pyridine rings is 2. The molecule has 3 aromatic rings. The lowest BCUT2D eigenvalue weighted by atomic mass is 9.92. The molecule has 1 atom stereocenters. The lowest BCUT2D eigenvalue weighted by Crippen LogP contribution is -2.39. The van der Waals surface area contributed by atoms with E-state index in [1.807, 2.05) is 30.0 Å². The van der Waals surface area contributed by atoms with Crippen LogP contribution >= 0.6 is 0 Å². The van der Waals surface area contributed by atoms with Gasteiger partial charge in [-0.1, -0.05) is 6.07 Å². The molecule has 0 saturated carbocycles. The Morgan fingerprint density at radius 3 is 2.50 bits per heavy atom. The molecule has 1 aliphatic heterocycles. The highest BCUT2D eigenvalue weighted by atomic mass is 16.5. The summed E-state index contributed by atoms with van der Waals surface area (Å²) >= 11 is 0. The topological polar surface area (TPSA) is 90.6 Å². The van der Waals surface area contributed by atoms with Crippen molar-refractivity contribution >= 4 is 11.7 Å². The number of piperidine rings is 1. The van der Waals surface area contributed by atoms with Crippen LogP contribution in [0.15, 0.2) is 48.7 Å². The van der Waals surface area contributed by atoms with Gasteiger partial charge in [0.1, 0.15) is 22.9 Å². The lowest BCUT2D eigenvalue weighted by molar-refractivity contribution is 0.0699. The SMILES string of the molecule is COc1cccc(OC)c1C(=O)N1CCC[C@@H](c2cc(-c3ccc(N)nc3)cc(C)n2)C1. The fourth-order valence-electron chi connectivity index (χ4n) is 4.27. The second-order valence-electron chi connectivity index (χ2n) is 8.02. The van der Waals surface area contributed by atoms with Crippen molar-refractivity contribution in [2.24, 2.45) is 0 Å². The summed E-state index contributed by atoms with van der Waals surface area (Å²) in [5.74, 6) is 1.59. The minimum absolute atomic E-state index is 0.0837. The quantitative estimate of drug-likeness (QED) is 0.654. The molecule has 7 heteroatoms. The molecule has 7 nitrogen and oxygen atoms in total. The van der Waals surface area contributed by atoms with Crippen molar-refractivity contribution in [3.8, 4) is 22.6 Å². The van der Waals surface area contributed by atoms with Crippen molar-refractivity contribution in [3.05, 3.63) is 65.6 Å². The van der Waals surface area contributed by atoms with Crippen LogP contribution in [0.2, 0.25) is 0 Å². The Morgan fingerprint density at radius 2 is 1.84 bits per heavy atom. The Labute approximate surface area is 188 Å². The van der Waals surface area contributed by atoms with Gasteiger partial charge in [0, 0.05) is 42.2 Å². The highest BCUT2D eigenvalue weighted by Gasteiger charge is 2.30. The minimum atomic E-state index is -0.0837. The fourth-order valence-corrected chi connectivity index (χ4v) is 4.27. The van der Waals surface area contributed by atoms with Gasteiger partial charge in [-0.3, -0.25) is 9.78 Å². The molecule has 4 rings (SSSR count). The molecule has 1 fully saturated rings. The molecule has 1 saturated heterocycles. The zero-order valence-electron chi connectivity index (χ0n) is 18.7. The Bertz CT molecular complexity index is 1090. The Morgan fingerprint density at radius 1 is 1.09 bits per heavy atom. The molecule has 32 heavy (non-hydrogen) atoms. The number of benzene rings is 1. The van der Waals surface area contributed by atoms with E-state index in [0.717, 1.165) is 35.4 Å². The Hall–Kier alpha value is -3.61. The van der Waals surface area contributed by atoms with E-state index in [2.05, 4.69) is 11.1 Å². The van der Waals surface area contributed by atoms with Crippen molar-refractivity contribution < 1.29 is 14.3 Å². The number of anilines is 1. The molecule has 0 radical (unpaired) electrons. The smallest absolute Gasteiger partial charge is 0.261 e. The molecule has 166 valence electrons. The van der Waals surface area contributed by atoms with Crippen LogP contribution in [-0.4, -0.2) is 48.1 Å². The van der Waals surface area contributed by atoms with Crippen LogP contribution < -0.4 is 15.2 Å². The Kier molecular flexibility index (Phi) is 6.25. The zero-order chi connectivity index (χ0) is 22.7. The maximum atomic E-state index is 13.4. The molecule has 2 N–H and O–H groups in total. The van der Waals surface area contributed by atoms with E-state index in [1.54, 1.807) is 38.6 Å². The van der Waals surface area contributed by atoms with Crippen LogP contribution in [0.4, 0.5) is 5.82 Å². The van der Waals surface area contributed by atoms with Gasteiger partial charge in [0.05, 0.1) is 14.2 Å². The number of aromatic nitrogens is 2. The maximum absolute atomic E-state index is 13.4. The van der Waals surface area contributed by atoms with Crippen LogP contribution in [0.25, 0.3) is 11.1 Å². The van der Waals surface area contributed by atoms with Gasteiger partial charge in [-0.2, -0.15) is 0 Å². The number of nitrogens with zero attached hydrogens (tertiary/aromatic N) is 3. The molecule has 1 aromatic carbocycles. The molecular formula is C25H28N4O3. The first-order valence-corrected chi connectivity index (χ1v) is 10.7. The van der Waals surface area contributed by atoms with Crippen LogP contribution in [-0.2, 0) is 0 Å². The molecular weight excluding hydrogens is 404 g/mol. The monoisotopic (exact) mass is 432 g/mol. The average Bonchev–Trinajstić information content (AvgIpc) is 2.83. The predicted molar refractivity (Wildman–Crippen MR) is 124 cm³/mol. The van der Waals surface area contributed by atoms with E-state index in [4.69, 9.17) is 20.2 Å². The number of carbonyl (C=O) groups excluding carboxylic acids is 1. The normalized spacial score (nSPS) is 16.0. The molecule has 0 aliphatic carbocycles.